The molecule has 0 aromatic carbocycles. The Bertz CT molecular complexity index is 233. The van der Waals surface area contributed by atoms with Crippen molar-refractivity contribution < 1.29 is 4.79 Å². The predicted octanol–water partition coefficient (Wildman–Crippen LogP) is 2.57. The Morgan fingerprint density at radius 1 is 1.41 bits per heavy atom. The summed E-state index contributed by atoms with van der Waals surface area (Å²) in [5.41, 5.74) is 5.69. The van der Waals surface area contributed by atoms with E-state index in [-0.39, 0.29) is 18.4 Å². The van der Waals surface area contributed by atoms with E-state index in [2.05, 4.69) is 18.7 Å². The largest absolute Gasteiger partial charge is 0.340 e. The van der Waals surface area contributed by atoms with E-state index in [9.17, 15) is 4.79 Å². The Balaban J connectivity index is 0.00000256. The molecule has 0 bridgehead atoms. The molecule has 3 atom stereocenters. The number of rotatable bonds is 3. The van der Waals surface area contributed by atoms with Crippen LogP contribution in [0, 0.1) is 5.92 Å². The van der Waals surface area contributed by atoms with Gasteiger partial charge in [-0.15, -0.1) is 12.4 Å². The highest BCUT2D eigenvalue weighted by Gasteiger charge is 2.24. The van der Waals surface area contributed by atoms with Gasteiger partial charge in [-0.25, -0.2) is 0 Å². The molecule has 0 aliphatic carbocycles. The van der Waals surface area contributed by atoms with E-state index in [0.717, 1.165) is 19.4 Å². The number of nitrogens with zero attached hydrogens (tertiary/aromatic N) is 1. The van der Waals surface area contributed by atoms with Gasteiger partial charge in [-0.3, -0.25) is 4.79 Å². The van der Waals surface area contributed by atoms with Crippen molar-refractivity contribution in [1.82, 2.24) is 4.90 Å². The molecule has 1 aliphatic rings. The van der Waals surface area contributed by atoms with Crippen molar-refractivity contribution in [3.05, 3.63) is 0 Å². The first kappa shape index (κ1) is 16.7. The topological polar surface area (TPSA) is 46.3 Å². The molecule has 0 aromatic rings. The number of hydrogen-bond acceptors (Lipinski definition) is 2. The van der Waals surface area contributed by atoms with Gasteiger partial charge in [-0.2, -0.15) is 0 Å². The lowest BCUT2D eigenvalue weighted by Crippen LogP contribution is -2.40. The minimum absolute atomic E-state index is 0. The standard InChI is InChI=1S/C13H26N2O.ClH/c1-10-5-4-6-12(3)15(9-10)13(16)8-7-11(2)14;/h10-12H,4-9,14H2,1-3H3;1H. The first-order chi connectivity index (χ1) is 7.50. The summed E-state index contributed by atoms with van der Waals surface area (Å²) in [4.78, 5) is 14.2. The number of carbonyl (C=O) groups excluding carboxylic acids is 1. The Labute approximate surface area is 112 Å². The van der Waals surface area contributed by atoms with Crippen LogP contribution in [0.4, 0.5) is 0 Å². The molecule has 102 valence electrons. The molecule has 1 saturated heterocycles. The number of amides is 1. The van der Waals surface area contributed by atoms with Crippen LogP contribution in [0.5, 0.6) is 0 Å². The number of carbonyl (C=O) groups is 1. The van der Waals surface area contributed by atoms with E-state index >= 15 is 0 Å². The van der Waals surface area contributed by atoms with Gasteiger partial charge in [0.15, 0.2) is 0 Å². The van der Waals surface area contributed by atoms with Gasteiger partial charge in [0.1, 0.15) is 0 Å². The van der Waals surface area contributed by atoms with Crippen LogP contribution in [0.15, 0.2) is 0 Å². The Kier molecular flexibility index (Phi) is 7.80. The molecule has 2 N–H and O–H groups in total. The zero-order valence-corrected chi connectivity index (χ0v) is 12.1. The smallest absolute Gasteiger partial charge is 0.222 e. The van der Waals surface area contributed by atoms with Crippen LogP contribution in [-0.4, -0.2) is 29.4 Å². The highest BCUT2D eigenvalue weighted by atomic mass is 35.5. The van der Waals surface area contributed by atoms with Crippen LogP contribution in [0.25, 0.3) is 0 Å². The van der Waals surface area contributed by atoms with Gasteiger partial charge in [-0.05, 0) is 39.0 Å². The Morgan fingerprint density at radius 3 is 2.65 bits per heavy atom. The highest BCUT2D eigenvalue weighted by molar-refractivity contribution is 5.85. The molecule has 3 unspecified atom stereocenters. The summed E-state index contributed by atoms with van der Waals surface area (Å²) in [5.74, 6) is 0.933. The molecule has 0 aromatic heterocycles. The van der Waals surface area contributed by atoms with Crippen molar-refractivity contribution in [3.63, 3.8) is 0 Å². The lowest BCUT2D eigenvalue weighted by atomic mass is 10.1. The molecule has 3 nitrogen and oxygen atoms in total. The number of halogens is 1. The average molecular weight is 263 g/mol. The van der Waals surface area contributed by atoms with Crippen molar-refractivity contribution >= 4 is 18.3 Å². The fraction of sp³-hybridized carbons (Fsp3) is 0.923. The Morgan fingerprint density at radius 2 is 2.06 bits per heavy atom. The molecular weight excluding hydrogens is 236 g/mol. The van der Waals surface area contributed by atoms with E-state index in [1.54, 1.807) is 0 Å². The maximum absolute atomic E-state index is 12.1. The van der Waals surface area contributed by atoms with Crippen LogP contribution in [0.3, 0.4) is 0 Å². The second kappa shape index (κ2) is 7.93. The van der Waals surface area contributed by atoms with Crippen LogP contribution < -0.4 is 5.73 Å². The minimum atomic E-state index is 0. The number of likely N-dealkylation sites (tertiary alicyclic amines) is 1. The third-order valence-corrected chi connectivity index (χ3v) is 3.49. The minimum Gasteiger partial charge on any atom is -0.340 e. The lowest BCUT2D eigenvalue weighted by Gasteiger charge is -2.29. The first-order valence-corrected chi connectivity index (χ1v) is 6.55. The van der Waals surface area contributed by atoms with Gasteiger partial charge in [0.2, 0.25) is 5.91 Å². The fourth-order valence-electron chi connectivity index (χ4n) is 2.37. The number of nitrogens with two attached hydrogens (primary N) is 1. The molecule has 0 saturated carbocycles. The highest BCUT2D eigenvalue weighted by Crippen LogP contribution is 2.21. The van der Waals surface area contributed by atoms with Gasteiger partial charge >= 0.3 is 0 Å². The number of hydrogen-bond donors (Lipinski definition) is 1. The molecule has 0 spiro atoms. The van der Waals surface area contributed by atoms with Crippen molar-refractivity contribution in [2.75, 3.05) is 6.54 Å². The van der Waals surface area contributed by atoms with Crippen molar-refractivity contribution in [2.45, 2.75) is 65.0 Å². The zero-order chi connectivity index (χ0) is 12.1. The van der Waals surface area contributed by atoms with Gasteiger partial charge in [0, 0.05) is 25.0 Å². The molecule has 1 heterocycles. The summed E-state index contributed by atoms with van der Waals surface area (Å²) in [6, 6.07) is 0.536. The third kappa shape index (κ3) is 5.73. The molecule has 1 fully saturated rings. The molecule has 17 heavy (non-hydrogen) atoms. The summed E-state index contributed by atoms with van der Waals surface area (Å²) in [6.45, 7) is 7.30. The summed E-state index contributed by atoms with van der Waals surface area (Å²) >= 11 is 0. The van der Waals surface area contributed by atoms with Gasteiger partial charge in [-0.1, -0.05) is 13.3 Å². The summed E-state index contributed by atoms with van der Waals surface area (Å²) in [5, 5.41) is 0. The summed E-state index contributed by atoms with van der Waals surface area (Å²) < 4.78 is 0. The second-order valence-electron chi connectivity index (χ2n) is 5.45. The molecule has 1 amide bonds. The van der Waals surface area contributed by atoms with Crippen molar-refractivity contribution in [2.24, 2.45) is 11.7 Å². The summed E-state index contributed by atoms with van der Waals surface area (Å²) in [7, 11) is 0. The SMILES string of the molecule is CC(N)CCC(=O)N1CC(C)CCCC1C.Cl. The van der Waals surface area contributed by atoms with Crippen molar-refractivity contribution in [3.8, 4) is 0 Å². The molecule has 1 aliphatic heterocycles. The quantitative estimate of drug-likeness (QED) is 0.850. The van der Waals surface area contributed by atoms with Crippen LogP contribution in [0.1, 0.15) is 52.9 Å². The van der Waals surface area contributed by atoms with E-state index in [0.29, 0.717) is 24.3 Å². The first-order valence-electron chi connectivity index (χ1n) is 6.55. The predicted molar refractivity (Wildman–Crippen MR) is 74.3 cm³/mol. The van der Waals surface area contributed by atoms with Crippen LogP contribution >= 0.6 is 12.4 Å². The maximum atomic E-state index is 12.1. The zero-order valence-electron chi connectivity index (χ0n) is 11.3. The Hall–Kier alpha value is -0.280. The molecule has 4 heteroatoms. The molecular formula is C13H27ClN2O. The van der Waals surface area contributed by atoms with Crippen molar-refractivity contribution in [1.29, 1.82) is 0 Å². The normalized spacial score (nSPS) is 26.9. The van der Waals surface area contributed by atoms with Gasteiger partial charge < -0.3 is 10.6 Å². The van der Waals surface area contributed by atoms with Gasteiger partial charge in [0.25, 0.3) is 0 Å². The van der Waals surface area contributed by atoms with E-state index in [1.807, 2.05) is 6.92 Å². The third-order valence-electron chi connectivity index (χ3n) is 3.49. The second-order valence-corrected chi connectivity index (χ2v) is 5.45. The van der Waals surface area contributed by atoms with E-state index in [4.69, 9.17) is 5.73 Å². The average Bonchev–Trinajstić information content (AvgIpc) is 2.37. The monoisotopic (exact) mass is 262 g/mol. The van der Waals surface area contributed by atoms with Crippen LogP contribution in [0.2, 0.25) is 0 Å². The van der Waals surface area contributed by atoms with E-state index in [1.165, 1.54) is 12.8 Å². The van der Waals surface area contributed by atoms with Gasteiger partial charge in [0.05, 0.1) is 0 Å². The molecule has 1 rings (SSSR count). The maximum Gasteiger partial charge on any atom is 0.222 e. The van der Waals surface area contributed by atoms with E-state index < -0.39 is 0 Å². The summed E-state index contributed by atoms with van der Waals surface area (Å²) in [6.07, 6.45) is 5.06. The van der Waals surface area contributed by atoms with Crippen LogP contribution in [-0.2, 0) is 4.79 Å². The fourth-order valence-corrected chi connectivity index (χ4v) is 2.37. The lowest BCUT2D eigenvalue weighted by molar-refractivity contribution is -0.133. The molecule has 0 radical (unpaired) electrons.